The van der Waals surface area contributed by atoms with Gasteiger partial charge in [-0.1, -0.05) is 69.3 Å². The maximum absolute atomic E-state index is 12.4. The molecule has 206 valence electrons. The number of hydrogen-bond donors (Lipinski definition) is 1. The number of carbonyl (C=O) groups excluding carboxylic acids is 1. The summed E-state index contributed by atoms with van der Waals surface area (Å²) in [6.07, 6.45) is 10.4. The largest absolute Gasteiger partial charge is 0.466 e. The van der Waals surface area contributed by atoms with E-state index in [4.69, 9.17) is 14.3 Å². The third kappa shape index (κ3) is 4.70. The number of anilines is 1. The predicted molar refractivity (Wildman–Crippen MR) is 151 cm³/mol. The Bertz CT molecular complexity index is 1380. The molecule has 2 unspecified atom stereocenters. The van der Waals surface area contributed by atoms with E-state index in [9.17, 15) is 4.79 Å². The Morgan fingerprint density at radius 1 is 1.18 bits per heavy atom. The summed E-state index contributed by atoms with van der Waals surface area (Å²) in [6, 6.07) is 10.6. The van der Waals surface area contributed by atoms with Crippen LogP contribution < -0.4 is 5.32 Å². The molecule has 0 fully saturated rings. The van der Waals surface area contributed by atoms with Gasteiger partial charge in [-0.05, 0) is 57.1 Å². The van der Waals surface area contributed by atoms with Crippen LogP contribution >= 0.6 is 0 Å². The second-order valence-corrected chi connectivity index (χ2v) is 11.3. The quantitative estimate of drug-likeness (QED) is 0.329. The van der Waals surface area contributed by atoms with Gasteiger partial charge in [-0.25, -0.2) is 4.68 Å². The van der Waals surface area contributed by atoms with Crippen molar-refractivity contribution >= 4 is 11.8 Å². The fraction of sp³-hybridized carbons (Fsp3) is 0.484. The highest BCUT2D eigenvalue weighted by molar-refractivity contribution is 5.76. The van der Waals surface area contributed by atoms with E-state index in [1.54, 1.807) is 0 Å². The van der Waals surface area contributed by atoms with Gasteiger partial charge in [0, 0.05) is 0 Å². The average Bonchev–Trinajstić information content (AvgIpc) is 3.58. The normalized spacial score (nSPS) is 22.1. The van der Waals surface area contributed by atoms with Crippen LogP contribution in [0.15, 0.2) is 64.7 Å². The van der Waals surface area contributed by atoms with E-state index in [2.05, 4.69) is 80.5 Å². The molecule has 0 bridgehead atoms. The van der Waals surface area contributed by atoms with Crippen LogP contribution in [0.25, 0.3) is 11.5 Å². The van der Waals surface area contributed by atoms with E-state index in [0.717, 1.165) is 36.2 Å². The van der Waals surface area contributed by atoms with Crippen molar-refractivity contribution in [2.75, 3.05) is 11.9 Å². The zero-order valence-electron chi connectivity index (χ0n) is 23.8. The molecule has 0 spiro atoms. The van der Waals surface area contributed by atoms with Gasteiger partial charge in [0.1, 0.15) is 11.4 Å². The van der Waals surface area contributed by atoms with Gasteiger partial charge < -0.3 is 14.5 Å². The minimum Gasteiger partial charge on any atom is -0.466 e. The number of fused-ring (bicyclic) bond motifs is 1. The second kappa shape index (κ2) is 10.5. The molecule has 3 heterocycles. The number of rotatable bonds is 8. The Morgan fingerprint density at radius 2 is 1.92 bits per heavy atom. The van der Waals surface area contributed by atoms with E-state index in [-0.39, 0.29) is 29.4 Å². The number of ether oxygens (including phenoxy) is 1. The van der Waals surface area contributed by atoms with Gasteiger partial charge in [0.2, 0.25) is 5.89 Å². The molecule has 2 aromatic heterocycles. The summed E-state index contributed by atoms with van der Waals surface area (Å²) >= 11 is 0. The maximum Gasteiger partial charge on any atom is 0.313 e. The van der Waals surface area contributed by atoms with Crippen LogP contribution in [0.4, 0.5) is 5.82 Å². The smallest absolute Gasteiger partial charge is 0.313 e. The lowest BCUT2D eigenvalue weighted by Crippen LogP contribution is -2.37. The summed E-state index contributed by atoms with van der Waals surface area (Å²) in [6.45, 7) is 12.9. The summed E-state index contributed by atoms with van der Waals surface area (Å²) < 4.78 is 13.8. The molecule has 8 heteroatoms. The number of allylic oxidation sites excluding steroid dienone is 3. The number of aromatic nitrogens is 4. The highest BCUT2D eigenvalue weighted by Gasteiger charge is 2.41. The van der Waals surface area contributed by atoms with Crippen molar-refractivity contribution in [3.63, 3.8) is 0 Å². The van der Waals surface area contributed by atoms with Crippen LogP contribution in [0.3, 0.4) is 0 Å². The first-order chi connectivity index (χ1) is 18.7. The molecule has 0 saturated carbocycles. The number of hydrogen-bond acceptors (Lipinski definition) is 7. The second-order valence-electron chi connectivity index (χ2n) is 11.3. The molecule has 1 aromatic carbocycles. The Kier molecular flexibility index (Phi) is 7.23. The highest BCUT2D eigenvalue weighted by atomic mass is 16.5. The zero-order valence-corrected chi connectivity index (χ0v) is 23.8. The number of nitrogens with one attached hydrogen (secondary N) is 1. The van der Waals surface area contributed by atoms with Crippen molar-refractivity contribution in [2.45, 2.75) is 77.8 Å². The van der Waals surface area contributed by atoms with Crippen molar-refractivity contribution in [3.8, 4) is 11.5 Å². The zero-order chi connectivity index (χ0) is 27.8. The first-order valence-corrected chi connectivity index (χ1v) is 14.1. The molecule has 1 aliphatic carbocycles. The van der Waals surface area contributed by atoms with Crippen LogP contribution in [0.2, 0.25) is 0 Å². The molecule has 8 nitrogen and oxygen atoms in total. The van der Waals surface area contributed by atoms with Gasteiger partial charge in [0.05, 0.1) is 35.7 Å². The van der Waals surface area contributed by atoms with Crippen molar-refractivity contribution in [1.29, 1.82) is 0 Å². The maximum atomic E-state index is 12.4. The van der Waals surface area contributed by atoms with Gasteiger partial charge in [0.25, 0.3) is 5.89 Å². The Labute approximate surface area is 230 Å². The summed E-state index contributed by atoms with van der Waals surface area (Å²) in [5.74, 6) is 1.45. The van der Waals surface area contributed by atoms with Crippen molar-refractivity contribution in [2.24, 2.45) is 11.8 Å². The monoisotopic (exact) mass is 529 g/mol. The summed E-state index contributed by atoms with van der Waals surface area (Å²) in [5.41, 5.74) is 2.48. The average molecular weight is 530 g/mol. The fourth-order valence-electron chi connectivity index (χ4n) is 6.08. The van der Waals surface area contributed by atoms with Gasteiger partial charge in [-0.2, -0.15) is 5.10 Å². The minimum atomic E-state index is -0.456. The summed E-state index contributed by atoms with van der Waals surface area (Å²) in [5, 5.41) is 17.5. The minimum absolute atomic E-state index is 0.00737. The van der Waals surface area contributed by atoms with Crippen molar-refractivity contribution in [3.05, 3.63) is 71.8 Å². The first kappa shape index (κ1) is 26.9. The molecule has 5 rings (SSSR count). The molecule has 1 aliphatic heterocycles. The summed E-state index contributed by atoms with van der Waals surface area (Å²) in [4.78, 5) is 12.4. The molecule has 0 saturated heterocycles. The highest BCUT2D eigenvalue weighted by Crippen LogP contribution is 2.45. The summed E-state index contributed by atoms with van der Waals surface area (Å²) in [7, 11) is 0. The fourth-order valence-corrected chi connectivity index (χ4v) is 6.08. The Morgan fingerprint density at radius 3 is 2.59 bits per heavy atom. The standard InChI is InChI=1S/C31H39N5O3/c1-7-31(8-2,22-15-16-23(20(4)17-22)28(37)38-9-3)29-35-34-27(39-29)24-19-32-36-26(24)33-25(18-30(36,5)6)21-13-11-10-12-14-21/h10-17,19-20,23,25,33H,7-9,18H2,1-6H3/t20?,23-,25?/m1/s1. The third-order valence-corrected chi connectivity index (χ3v) is 8.43. The van der Waals surface area contributed by atoms with Crippen LogP contribution in [0, 0.1) is 11.8 Å². The van der Waals surface area contributed by atoms with Gasteiger partial charge in [-0.3, -0.25) is 4.79 Å². The van der Waals surface area contributed by atoms with Crippen LogP contribution in [-0.2, 0) is 20.5 Å². The molecular weight excluding hydrogens is 490 g/mol. The topological polar surface area (TPSA) is 95.1 Å². The van der Waals surface area contributed by atoms with Gasteiger partial charge in [-0.15, -0.1) is 10.2 Å². The first-order valence-electron chi connectivity index (χ1n) is 14.1. The molecule has 3 atom stereocenters. The van der Waals surface area contributed by atoms with Crippen LogP contribution in [0.1, 0.15) is 78.3 Å². The van der Waals surface area contributed by atoms with Crippen molar-refractivity contribution in [1.82, 2.24) is 20.0 Å². The van der Waals surface area contributed by atoms with E-state index in [0.29, 0.717) is 18.4 Å². The molecule has 0 amide bonds. The van der Waals surface area contributed by atoms with E-state index in [1.165, 1.54) is 5.56 Å². The lowest BCUT2D eigenvalue weighted by atomic mass is 9.71. The lowest BCUT2D eigenvalue weighted by molar-refractivity contribution is -0.147. The van der Waals surface area contributed by atoms with Gasteiger partial charge >= 0.3 is 5.97 Å². The molecular formula is C31H39N5O3. The molecule has 3 aromatic rings. The van der Waals surface area contributed by atoms with E-state index >= 15 is 0 Å². The third-order valence-electron chi connectivity index (χ3n) is 8.43. The molecule has 2 aliphatic rings. The number of benzene rings is 1. The molecule has 39 heavy (non-hydrogen) atoms. The number of esters is 1. The van der Waals surface area contributed by atoms with Crippen molar-refractivity contribution < 1.29 is 13.9 Å². The number of nitrogens with zero attached hydrogens (tertiary/aromatic N) is 4. The predicted octanol–water partition coefficient (Wildman–Crippen LogP) is 6.59. The Hall–Kier alpha value is -3.68. The van der Waals surface area contributed by atoms with E-state index < -0.39 is 5.41 Å². The van der Waals surface area contributed by atoms with Crippen LogP contribution in [-0.4, -0.2) is 32.6 Å². The van der Waals surface area contributed by atoms with Gasteiger partial charge in [0.15, 0.2) is 0 Å². The molecule has 0 radical (unpaired) electrons. The molecule has 1 N–H and O–H groups in total. The Balaban J connectivity index is 1.48. The SMILES string of the molecule is CCOC(=O)[C@@H]1C=CC(C(CC)(CC)c2nnc(-c3cnn4c3NC(c3ccccc3)CC4(C)C)o2)=CC1C. The lowest BCUT2D eigenvalue weighted by Gasteiger charge is -2.38. The van der Waals surface area contributed by atoms with E-state index in [1.807, 2.05) is 36.0 Å². The number of carbonyl (C=O) groups is 1. The van der Waals surface area contributed by atoms with Crippen LogP contribution in [0.5, 0.6) is 0 Å².